The molecule has 0 amide bonds. The predicted molar refractivity (Wildman–Crippen MR) is 117 cm³/mol. The van der Waals surface area contributed by atoms with Gasteiger partial charge in [-0.3, -0.25) is 10.1 Å². The lowest BCUT2D eigenvalue weighted by atomic mass is 10.0. The molecule has 4 aromatic rings. The van der Waals surface area contributed by atoms with E-state index in [1.165, 1.54) is 0 Å². The van der Waals surface area contributed by atoms with Crippen LogP contribution in [0, 0.1) is 0 Å². The number of halogens is 2. The molecular formula is C22H18BrClN2O3. The third-order valence-corrected chi connectivity index (χ3v) is 5.58. The molecule has 0 aliphatic heterocycles. The van der Waals surface area contributed by atoms with E-state index in [-0.39, 0.29) is 0 Å². The monoisotopic (exact) mass is 472 g/mol. The van der Waals surface area contributed by atoms with Crippen molar-refractivity contribution in [2.24, 2.45) is 0 Å². The molecule has 2 aromatic carbocycles. The zero-order valence-corrected chi connectivity index (χ0v) is 17.6. The van der Waals surface area contributed by atoms with Crippen LogP contribution in [0.25, 0.3) is 22.2 Å². The number of furan rings is 1. The summed E-state index contributed by atoms with van der Waals surface area (Å²) in [5, 5.41) is 14.3. The molecule has 0 fully saturated rings. The molecule has 29 heavy (non-hydrogen) atoms. The van der Waals surface area contributed by atoms with Gasteiger partial charge in [0.1, 0.15) is 17.6 Å². The van der Waals surface area contributed by atoms with Gasteiger partial charge in [0.2, 0.25) is 0 Å². The quantitative estimate of drug-likeness (QED) is 0.325. The fraction of sp³-hybridized carbons (Fsp3) is 0.136. The number of aliphatic carboxylic acids is 1. The molecule has 7 heteroatoms. The Labute approximate surface area is 180 Å². The number of aromatic amines is 1. The highest BCUT2D eigenvalue weighted by Gasteiger charge is 2.20. The summed E-state index contributed by atoms with van der Waals surface area (Å²) in [4.78, 5) is 14.9. The van der Waals surface area contributed by atoms with Crippen LogP contribution in [-0.4, -0.2) is 22.1 Å². The summed E-state index contributed by atoms with van der Waals surface area (Å²) in [6, 6.07) is 16.3. The first-order valence-electron chi connectivity index (χ1n) is 9.06. The highest BCUT2D eigenvalue weighted by molar-refractivity contribution is 9.10. The summed E-state index contributed by atoms with van der Waals surface area (Å²) < 4.78 is 6.75. The highest BCUT2D eigenvalue weighted by atomic mass is 79.9. The van der Waals surface area contributed by atoms with Gasteiger partial charge in [-0.2, -0.15) is 0 Å². The fourth-order valence-corrected chi connectivity index (χ4v) is 4.06. The van der Waals surface area contributed by atoms with E-state index in [0.717, 1.165) is 26.5 Å². The van der Waals surface area contributed by atoms with Crippen molar-refractivity contribution in [3.8, 4) is 11.3 Å². The molecule has 4 rings (SSSR count). The largest absolute Gasteiger partial charge is 0.480 e. The van der Waals surface area contributed by atoms with Gasteiger partial charge in [-0.1, -0.05) is 45.7 Å². The summed E-state index contributed by atoms with van der Waals surface area (Å²) in [6.45, 7) is 0.299. The van der Waals surface area contributed by atoms with E-state index in [4.69, 9.17) is 16.0 Å². The molecule has 1 atom stereocenters. The zero-order valence-electron chi connectivity index (χ0n) is 15.3. The second-order valence-electron chi connectivity index (χ2n) is 6.73. The van der Waals surface area contributed by atoms with Crippen molar-refractivity contribution in [3.63, 3.8) is 0 Å². The second kappa shape index (κ2) is 8.45. The SMILES string of the molecule is O=C(O)[C@@H](Cc1c[nH]c2ccccc12)NCc1ccc(-c2ccc(Br)cc2Cl)o1. The van der Waals surface area contributed by atoms with Gasteiger partial charge in [0.05, 0.1) is 11.6 Å². The van der Waals surface area contributed by atoms with Gasteiger partial charge in [-0.25, -0.2) is 0 Å². The van der Waals surface area contributed by atoms with E-state index in [1.807, 2.05) is 54.7 Å². The third-order valence-electron chi connectivity index (χ3n) is 4.78. The van der Waals surface area contributed by atoms with Crippen LogP contribution in [0.3, 0.4) is 0 Å². The summed E-state index contributed by atoms with van der Waals surface area (Å²) in [6.07, 6.45) is 2.23. The maximum absolute atomic E-state index is 11.8. The molecule has 0 saturated heterocycles. The first-order valence-corrected chi connectivity index (χ1v) is 10.2. The minimum absolute atomic E-state index is 0.299. The Morgan fingerprint density at radius 3 is 2.83 bits per heavy atom. The molecule has 3 N–H and O–H groups in total. The molecule has 148 valence electrons. The molecule has 0 aliphatic carbocycles. The van der Waals surface area contributed by atoms with Crippen LogP contribution in [0.15, 0.2) is 69.7 Å². The Morgan fingerprint density at radius 1 is 1.21 bits per heavy atom. The Hall–Kier alpha value is -2.54. The van der Waals surface area contributed by atoms with Crippen LogP contribution in [-0.2, 0) is 17.8 Å². The van der Waals surface area contributed by atoms with Crippen molar-refractivity contribution >= 4 is 44.4 Å². The van der Waals surface area contributed by atoms with Crippen molar-refractivity contribution in [2.75, 3.05) is 0 Å². The number of para-hydroxylation sites is 1. The molecule has 0 aliphatic rings. The number of H-pyrrole nitrogens is 1. The van der Waals surface area contributed by atoms with Gasteiger partial charge in [0.25, 0.3) is 0 Å². The number of carboxylic acid groups (broad SMARTS) is 1. The van der Waals surface area contributed by atoms with Gasteiger partial charge in [-0.15, -0.1) is 0 Å². The molecule has 0 spiro atoms. The molecule has 2 heterocycles. The lowest BCUT2D eigenvalue weighted by Gasteiger charge is -2.13. The van der Waals surface area contributed by atoms with Crippen molar-refractivity contribution in [1.29, 1.82) is 0 Å². The van der Waals surface area contributed by atoms with E-state index in [2.05, 4.69) is 26.2 Å². The minimum atomic E-state index is -0.905. The second-order valence-corrected chi connectivity index (χ2v) is 8.05. The molecule has 0 bridgehead atoms. The smallest absolute Gasteiger partial charge is 0.321 e. The highest BCUT2D eigenvalue weighted by Crippen LogP contribution is 2.31. The van der Waals surface area contributed by atoms with Gasteiger partial charge in [-0.05, 0) is 42.0 Å². The number of hydrogen-bond acceptors (Lipinski definition) is 3. The number of nitrogens with one attached hydrogen (secondary N) is 2. The molecule has 5 nitrogen and oxygen atoms in total. The van der Waals surface area contributed by atoms with E-state index < -0.39 is 12.0 Å². The predicted octanol–water partition coefficient (Wildman–Crippen LogP) is 5.63. The summed E-state index contributed by atoms with van der Waals surface area (Å²) in [5.74, 6) is 0.380. The molecule has 0 radical (unpaired) electrons. The topological polar surface area (TPSA) is 78.3 Å². The summed E-state index contributed by atoms with van der Waals surface area (Å²) in [7, 11) is 0. The third kappa shape index (κ3) is 4.40. The van der Waals surface area contributed by atoms with Gasteiger partial charge >= 0.3 is 5.97 Å². The average molecular weight is 474 g/mol. The average Bonchev–Trinajstić information content (AvgIpc) is 3.32. The maximum Gasteiger partial charge on any atom is 0.321 e. The Bertz CT molecular complexity index is 1170. The van der Waals surface area contributed by atoms with Crippen LogP contribution in [0.5, 0.6) is 0 Å². The zero-order chi connectivity index (χ0) is 20.4. The normalized spacial score (nSPS) is 12.3. The summed E-state index contributed by atoms with van der Waals surface area (Å²) >= 11 is 9.67. The van der Waals surface area contributed by atoms with E-state index in [1.54, 1.807) is 6.07 Å². The number of hydrogen-bond donors (Lipinski definition) is 3. The van der Waals surface area contributed by atoms with Gasteiger partial charge < -0.3 is 14.5 Å². The van der Waals surface area contributed by atoms with Crippen LogP contribution in [0.2, 0.25) is 5.02 Å². The lowest BCUT2D eigenvalue weighted by Crippen LogP contribution is -2.37. The number of carboxylic acids is 1. The molecule has 0 unspecified atom stereocenters. The number of rotatable bonds is 7. The summed E-state index contributed by atoms with van der Waals surface area (Å²) in [5.41, 5.74) is 2.74. The van der Waals surface area contributed by atoms with Crippen molar-refractivity contribution in [3.05, 3.63) is 81.6 Å². The van der Waals surface area contributed by atoms with Gasteiger partial charge in [0, 0.05) is 33.6 Å². The first-order chi connectivity index (χ1) is 14.0. The van der Waals surface area contributed by atoms with E-state index >= 15 is 0 Å². The van der Waals surface area contributed by atoms with Crippen LogP contribution in [0.1, 0.15) is 11.3 Å². The van der Waals surface area contributed by atoms with Crippen molar-refractivity contribution in [2.45, 2.75) is 19.0 Å². The Kier molecular flexibility index (Phi) is 5.76. The lowest BCUT2D eigenvalue weighted by molar-refractivity contribution is -0.139. The number of fused-ring (bicyclic) bond motifs is 1. The maximum atomic E-state index is 11.8. The van der Waals surface area contributed by atoms with Crippen LogP contribution >= 0.6 is 27.5 Å². The number of benzene rings is 2. The van der Waals surface area contributed by atoms with Crippen molar-refractivity contribution < 1.29 is 14.3 Å². The molecule has 2 aromatic heterocycles. The Morgan fingerprint density at radius 2 is 2.03 bits per heavy atom. The van der Waals surface area contributed by atoms with E-state index in [9.17, 15) is 9.90 Å². The number of aromatic nitrogens is 1. The van der Waals surface area contributed by atoms with E-state index in [0.29, 0.717) is 29.5 Å². The fourth-order valence-electron chi connectivity index (χ4n) is 3.30. The molecular weight excluding hydrogens is 456 g/mol. The van der Waals surface area contributed by atoms with Crippen LogP contribution in [0.4, 0.5) is 0 Å². The standard InChI is InChI=1S/C22H18BrClN2O3/c23-14-5-7-17(18(24)10-14)21-8-6-15(29-21)12-26-20(22(27)28)9-13-11-25-19-4-2-1-3-16(13)19/h1-8,10-11,20,25-26H,9,12H2,(H,27,28)/t20-/m1/s1. The van der Waals surface area contributed by atoms with Crippen LogP contribution < -0.4 is 5.32 Å². The number of carbonyl (C=O) groups is 1. The van der Waals surface area contributed by atoms with Gasteiger partial charge in [0.15, 0.2) is 0 Å². The first kappa shape index (κ1) is 19.8. The molecule has 0 saturated carbocycles. The minimum Gasteiger partial charge on any atom is -0.480 e. The Balaban J connectivity index is 1.46. The van der Waals surface area contributed by atoms with Crippen molar-refractivity contribution in [1.82, 2.24) is 10.3 Å².